The lowest BCUT2D eigenvalue weighted by Crippen LogP contribution is -2.11. The molecule has 2 heteroatoms. The number of carbonyl (C=O) groups excluding carboxylic acids is 2. The number of benzene rings is 3. The van der Waals surface area contributed by atoms with Crippen LogP contribution in [0.25, 0.3) is 22.3 Å². The molecule has 2 nitrogen and oxygen atoms in total. The molecule has 0 fully saturated rings. The standard InChI is InChI=1S/C24H22O2/c1-24(2,3)23-13-21(19-8-4-17(15-25)5-9-19)12-22(14-23)20-10-6-18(16-26)7-11-20/h4-16H,1-3H3. The van der Waals surface area contributed by atoms with E-state index in [2.05, 4.69) is 39.0 Å². The Labute approximate surface area is 154 Å². The van der Waals surface area contributed by atoms with Crippen LogP contribution in [-0.2, 0) is 5.41 Å². The first-order valence-corrected chi connectivity index (χ1v) is 8.67. The van der Waals surface area contributed by atoms with Crippen LogP contribution in [-0.4, -0.2) is 12.6 Å². The predicted octanol–water partition coefficient (Wildman–Crippen LogP) is 5.94. The first-order valence-electron chi connectivity index (χ1n) is 8.67. The molecule has 0 atom stereocenters. The van der Waals surface area contributed by atoms with E-state index in [0.717, 1.165) is 34.8 Å². The van der Waals surface area contributed by atoms with Gasteiger partial charge in [0.25, 0.3) is 0 Å². The Hall–Kier alpha value is -3.00. The Kier molecular flexibility index (Phi) is 4.85. The highest BCUT2D eigenvalue weighted by atomic mass is 16.1. The third-order valence-corrected chi connectivity index (χ3v) is 4.56. The molecule has 0 aliphatic carbocycles. The Morgan fingerprint density at radius 2 is 0.962 bits per heavy atom. The van der Waals surface area contributed by atoms with Crippen molar-refractivity contribution in [2.75, 3.05) is 0 Å². The fourth-order valence-corrected chi connectivity index (χ4v) is 2.90. The van der Waals surface area contributed by atoms with E-state index >= 15 is 0 Å². The van der Waals surface area contributed by atoms with Gasteiger partial charge in [0.05, 0.1) is 0 Å². The highest BCUT2D eigenvalue weighted by Crippen LogP contribution is 2.33. The number of aldehydes is 2. The van der Waals surface area contributed by atoms with Gasteiger partial charge in [-0.1, -0.05) is 81.4 Å². The zero-order chi connectivity index (χ0) is 18.7. The van der Waals surface area contributed by atoms with Crippen LogP contribution in [0.2, 0.25) is 0 Å². The van der Waals surface area contributed by atoms with E-state index in [1.165, 1.54) is 5.56 Å². The Balaban J connectivity index is 2.14. The minimum Gasteiger partial charge on any atom is -0.298 e. The van der Waals surface area contributed by atoms with Crippen LogP contribution in [0.15, 0.2) is 66.7 Å². The van der Waals surface area contributed by atoms with Crippen molar-refractivity contribution in [3.8, 4) is 22.3 Å². The summed E-state index contributed by atoms with van der Waals surface area (Å²) in [5.74, 6) is 0. The number of carbonyl (C=O) groups is 2. The molecule has 0 aromatic heterocycles. The summed E-state index contributed by atoms with van der Waals surface area (Å²) in [5.41, 5.74) is 6.98. The minimum atomic E-state index is 0.0102. The topological polar surface area (TPSA) is 34.1 Å². The van der Waals surface area contributed by atoms with Crippen LogP contribution in [0.4, 0.5) is 0 Å². The van der Waals surface area contributed by atoms with Crippen LogP contribution in [0.1, 0.15) is 47.1 Å². The molecule has 0 aliphatic heterocycles. The Morgan fingerprint density at radius 1 is 0.577 bits per heavy atom. The van der Waals surface area contributed by atoms with Gasteiger partial charge >= 0.3 is 0 Å². The second-order valence-corrected chi connectivity index (χ2v) is 7.53. The van der Waals surface area contributed by atoms with Crippen molar-refractivity contribution >= 4 is 12.6 Å². The molecule has 0 saturated heterocycles. The minimum absolute atomic E-state index is 0.0102. The zero-order valence-electron chi connectivity index (χ0n) is 15.3. The zero-order valence-corrected chi connectivity index (χ0v) is 15.3. The van der Waals surface area contributed by atoms with E-state index < -0.39 is 0 Å². The molecule has 0 N–H and O–H groups in total. The van der Waals surface area contributed by atoms with Crippen molar-refractivity contribution in [1.29, 1.82) is 0 Å². The lowest BCUT2D eigenvalue weighted by Gasteiger charge is -2.22. The van der Waals surface area contributed by atoms with Gasteiger partial charge in [0.15, 0.2) is 0 Å². The first-order chi connectivity index (χ1) is 12.4. The molecule has 0 saturated carbocycles. The maximum atomic E-state index is 10.9. The Bertz CT molecular complexity index is 858. The number of rotatable bonds is 4. The predicted molar refractivity (Wildman–Crippen MR) is 107 cm³/mol. The summed E-state index contributed by atoms with van der Waals surface area (Å²) >= 11 is 0. The van der Waals surface area contributed by atoms with E-state index in [-0.39, 0.29) is 5.41 Å². The highest BCUT2D eigenvalue weighted by molar-refractivity contribution is 5.80. The quantitative estimate of drug-likeness (QED) is 0.550. The molecule has 0 unspecified atom stereocenters. The molecule has 0 radical (unpaired) electrons. The van der Waals surface area contributed by atoms with Gasteiger partial charge in [-0.15, -0.1) is 0 Å². The summed E-state index contributed by atoms with van der Waals surface area (Å²) in [6, 6.07) is 21.8. The second kappa shape index (κ2) is 7.09. The van der Waals surface area contributed by atoms with Crippen LogP contribution in [0, 0.1) is 0 Å². The second-order valence-electron chi connectivity index (χ2n) is 7.53. The fourth-order valence-electron chi connectivity index (χ4n) is 2.90. The summed E-state index contributed by atoms with van der Waals surface area (Å²) < 4.78 is 0. The average molecular weight is 342 g/mol. The van der Waals surface area contributed by atoms with Gasteiger partial charge in [0, 0.05) is 11.1 Å². The smallest absolute Gasteiger partial charge is 0.150 e. The average Bonchev–Trinajstić information content (AvgIpc) is 2.67. The fraction of sp³-hybridized carbons (Fsp3) is 0.167. The molecule has 0 amide bonds. The number of hydrogen-bond donors (Lipinski definition) is 0. The van der Waals surface area contributed by atoms with Crippen molar-refractivity contribution in [3.63, 3.8) is 0 Å². The maximum absolute atomic E-state index is 10.9. The summed E-state index contributed by atoms with van der Waals surface area (Å²) in [7, 11) is 0. The molecule has 0 heterocycles. The van der Waals surface area contributed by atoms with Gasteiger partial charge in [-0.2, -0.15) is 0 Å². The highest BCUT2D eigenvalue weighted by Gasteiger charge is 2.16. The molecular weight excluding hydrogens is 320 g/mol. The van der Waals surface area contributed by atoms with Gasteiger partial charge in [0.2, 0.25) is 0 Å². The third-order valence-electron chi connectivity index (χ3n) is 4.56. The molecule has 0 spiro atoms. The molecule has 130 valence electrons. The van der Waals surface area contributed by atoms with Gasteiger partial charge in [-0.3, -0.25) is 9.59 Å². The summed E-state index contributed by atoms with van der Waals surface area (Å²) in [4.78, 5) is 21.8. The molecule has 3 aromatic rings. The molecule has 3 aromatic carbocycles. The van der Waals surface area contributed by atoms with Crippen molar-refractivity contribution in [1.82, 2.24) is 0 Å². The van der Waals surface area contributed by atoms with Crippen LogP contribution in [0.5, 0.6) is 0 Å². The van der Waals surface area contributed by atoms with Crippen molar-refractivity contribution < 1.29 is 9.59 Å². The SMILES string of the molecule is CC(C)(C)c1cc(-c2ccc(C=O)cc2)cc(-c2ccc(C=O)cc2)c1. The number of hydrogen-bond acceptors (Lipinski definition) is 2. The van der Waals surface area contributed by atoms with Crippen LogP contribution >= 0.6 is 0 Å². The first kappa shape index (κ1) is 17.8. The monoisotopic (exact) mass is 342 g/mol. The third kappa shape index (κ3) is 3.80. The van der Waals surface area contributed by atoms with E-state index in [0.29, 0.717) is 11.1 Å². The van der Waals surface area contributed by atoms with Crippen molar-refractivity contribution in [3.05, 3.63) is 83.4 Å². The largest absolute Gasteiger partial charge is 0.298 e. The molecule has 0 aliphatic rings. The van der Waals surface area contributed by atoms with E-state index in [9.17, 15) is 9.59 Å². The summed E-state index contributed by atoms with van der Waals surface area (Å²) in [5, 5.41) is 0. The molecule has 3 rings (SSSR count). The van der Waals surface area contributed by atoms with Gasteiger partial charge in [0.1, 0.15) is 12.6 Å². The maximum Gasteiger partial charge on any atom is 0.150 e. The van der Waals surface area contributed by atoms with Crippen LogP contribution in [0.3, 0.4) is 0 Å². The van der Waals surface area contributed by atoms with Gasteiger partial charge < -0.3 is 0 Å². The lowest BCUT2D eigenvalue weighted by atomic mass is 9.83. The van der Waals surface area contributed by atoms with E-state index in [1.54, 1.807) is 0 Å². The van der Waals surface area contributed by atoms with E-state index in [4.69, 9.17) is 0 Å². The normalized spacial score (nSPS) is 11.2. The summed E-state index contributed by atoms with van der Waals surface area (Å²) in [6.45, 7) is 6.59. The van der Waals surface area contributed by atoms with Gasteiger partial charge in [-0.25, -0.2) is 0 Å². The summed E-state index contributed by atoms with van der Waals surface area (Å²) in [6.07, 6.45) is 1.71. The molecule has 0 bridgehead atoms. The Morgan fingerprint density at radius 3 is 1.27 bits per heavy atom. The lowest BCUT2D eigenvalue weighted by molar-refractivity contribution is 0.111. The van der Waals surface area contributed by atoms with E-state index in [1.807, 2.05) is 48.5 Å². The van der Waals surface area contributed by atoms with Crippen molar-refractivity contribution in [2.24, 2.45) is 0 Å². The molecule has 26 heavy (non-hydrogen) atoms. The van der Waals surface area contributed by atoms with Crippen LogP contribution < -0.4 is 0 Å². The van der Waals surface area contributed by atoms with Gasteiger partial charge in [-0.05, 0) is 39.3 Å². The van der Waals surface area contributed by atoms with Crippen molar-refractivity contribution in [2.45, 2.75) is 26.2 Å². The molecular formula is C24H22O2.